The third-order valence-electron chi connectivity index (χ3n) is 6.31. The normalized spacial score (nSPS) is 11.4. The van der Waals surface area contributed by atoms with Crippen LogP contribution in [-0.2, 0) is 16.8 Å². The molecule has 3 aromatic carbocycles. The summed E-state index contributed by atoms with van der Waals surface area (Å²) >= 11 is 0. The van der Waals surface area contributed by atoms with Crippen molar-refractivity contribution in [1.29, 1.82) is 5.41 Å². The Morgan fingerprint density at radius 2 is 1.70 bits per heavy atom. The van der Waals surface area contributed by atoms with Crippen LogP contribution < -0.4 is 22.5 Å². The average molecular weight is 502 g/mol. The fourth-order valence-electron chi connectivity index (χ4n) is 3.92. The van der Waals surface area contributed by atoms with E-state index < -0.39 is 17.4 Å². The summed E-state index contributed by atoms with van der Waals surface area (Å²) < 4.78 is 0. The monoisotopic (exact) mass is 501 g/mol. The van der Waals surface area contributed by atoms with E-state index in [0.29, 0.717) is 33.5 Å². The highest BCUT2D eigenvalue weighted by Crippen LogP contribution is 2.44. The van der Waals surface area contributed by atoms with Gasteiger partial charge in [0.25, 0.3) is 0 Å². The van der Waals surface area contributed by atoms with Gasteiger partial charge in [-0.15, -0.1) is 0 Å². The fraction of sp³-hybridized carbons (Fsp3) is 0.154. The SMILES string of the molecule is CC(C)(C(N)=O)c1cc(-c2nc3cc(C(=N)N)ccc3[nH]2)c(O)c(-c2cc(CNC(N)=O)ccc2O)c1. The Morgan fingerprint density at radius 1 is 1.00 bits per heavy atom. The van der Waals surface area contributed by atoms with E-state index in [1.807, 2.05) is 0 Å². The number of hydrogen-bond acceptors (Lipinski definition) is 6. The Bertz CT molecular complexity index is 1570. The van der Waals surface area contributed by atoms with Crippen LogP contribution in [0.3, 0.4) is 0 Å². The highest BCUT2D eigenvalue weighted by atomic mass is 16.3. The van der Waals surface area contributed by atoms with Crippen molar-refractivity contribution < 1.29 is 19.8 Å². The van der Waals surface area contributed by atoms with Crippen LogP contribution in [0, 0.1) is 5.41 Å². The Balaban J connectivity index is 1.96. The van der Waals surface area contributed by atoms with Gasteiger partial charge in [-0.3, -0.25) is 10.2 Å². The van der Waals surface area contributed by atoms with Crippen LogP contribution in [0.4, 0.5) is 4.79 Å². The number of nitrogens with two attached hydrogens (primary N) is 3. The molecule has 3 amide bonds. The van der Waals surface area contributed by atoms with Gasteiger partial charge >= 0.3 is 6.03 Å². The lowest BCUT2D eigenvalue weighted by atomic mass is 9.81. The highest BCUT2D eigenvalue weighted by Gasteiger charge is 2.30. The number of nitrogen functional groups attached to an aromatic ring is 1. The molecular formula is C26H27N7O4. The molecule has 0 aliphatic rings. The molecule has 1 heterocycles. The molecule has 4 rings (SSSR count). The number of phenols is 2. The number of amidine groups is 1. The minimum atomic E-state index is -1.13. The van der Waals surface area contributed by atoms with Crippen LogP contribution in [0.25, 0.3) is 33.5 Å². The van der Waals surface area contributed by atoms with Crippen molar-refractivity contribution in [2.75, 3.05) is 0 Å². The number of primary amides is 2. The summed E-state index contributed by atoms with van der Waals surface area (Å²) in [5.41, 5.74) is 18.8. The second-order valence-corrected chi connectivity index (χ2v) is 9.21. The van der Waals surface area contributed by atoms with E-state index in [1.54, 1.807) is 56.3 Å². The zero-order valence-corrected chi connectivity index (χ0v) is 20.2. The van der Waals surface area contributed by atoms with Crippen LogP contribution in [0.1, 0.15) is 30.5 Å². The molecule has 11 heteroatoms. The van der Waals surface area contributed by atoms with Crippen LogP contribution in [0.15, 0.2) is 48.5 Å². The molecule has 0 aliphatic carbocycles. The minimum absolute atomic E-state index is 0.102. The minimum Gasteiger partial charge on any atom is -0.507 e. The molecule has 0 saturated heterocycles. The molecule has 0 aliphatic heterocycles. The lowest BCUT2D eigenvalue weighted by molar-refractivity contribution is -0.122. The Labute approximate surface area is 211 Å². The third kappa shape index (κ3) is 4.74. The maximum atomic E-state index is 12.3. The molecule has 0 fully saturated rings. The number of fused-ring (bicyclic) bond motifs is 1. The van der Waals surface area contributed by atoms with Crippen molar-refractivity contribution >= 4 is 28.8 Å². The number of imidazole rings is 1. The molecular weight excluding hydrogens is 474 g/mol. The van der Waals surface area contributed by atoms with Crippen molar-refractivity contribution in [3.05, 3.63) is 65.2 Å². The van der Waals surface area contributed by atoms with Gasteiger partial charge in [0, 0.05) is 23.2 Å². The van der Waals surface area contributed by atoms with Crippen molar-refractivity contribution in [2.24, 2.45) is 17.2 Å². The first-order chi connectivity index (χ1) is 17.4. The number of aromatic nitrogens is 2. The number of hydrogen-bond donors (Lipinski definition) is 8. The number of nitrogens with one attached hydrogen (secondary N) is 3. The van der Waals surface area contributed by atoms with Crippen molar-refractivity contribution in [3.8, 4) is 34.0 Å². The topological polar surface area (TPSA) is 217 Å². The maximum Gasteiger partial charge on any atom is 0.312 e. The van der Waals surface area contributed by atoms with E-state index in [0.717, 1.165) is 0 Å². The van der Waals surface area contributed by atoms with E-state index in [-0.39, 0.29) is 40.6 Å². The highest BCUT2D eigenvalue weighted by molar-refractivity contribution is 5.98. The Kier molecular flexibility index (Phi) is 6.22. The summed E-state index contributed by atoms with van der Waals surface area (Å²) in [6.45, 7) is 3.41. The third-order valence-corrected chi connectivity index (χ3v) is 6.31. The van der Waals surface area contributed by atoms with Gasteiger partial charge < -0.3 is 37.7 Å². The van der Waals surface area contributed by atoms with Gasteiger partial charge in [0.05, 0.1) is 22.0 Å². The number of carbonyl (C=O) groups is 2. The van der Waals surface area contributed by atoms with Gasteiger partial charge in [0.15, 0.2) is 0 Å². The number of urea groups is 1. The van der Waals surface area contributed by atoms with Gasteiger partial charge in [0.1, 0.15) is 23.2 Å². The number of phenolic OH excluding ortho intramolecular Hbond substituents is 2. The van der Waals surface area contributed by atoms with E-state index in [2.05, 4.69) is 15.3 Å². The molecule has 0 bridgehead atoms. The second kappa shape index (κ2) is 9.19. The van der Waals surface area contributed by atoms with Gasteiger partial charge in [-0.25, -0.2) is 9.78 Å². The second-order valence-electron chi connectivity index (χ2n) is 9.21. The zero-order chi connectivity index (χ0) is 27.1. The number of aromatic amines is 1. The summed E-state index contributed by atoms with van der Waals surface area (Å²) in [6.07, 6.45) is 0. The van der Waals surface area contributed by atoms with E-state index >= 15 is 0 Å². The van der Waals surface area contributed by atoms with Crippen LogP contribution in [0.2, 0.25) is 0 Å². The predicted molar refractivity (Wildman–Crippen MR) is 140 cm³/mol. The van der Waals surface area contributed by atoms with E-state index in [9.17, 15) is 19.8 Å². The molecule has 4 aromatic rings. The molecule has 1 aromatic heterocycles. The van der Waals surface area contributed by atoms with Crippen LogP contribution in [-0.4, -0.2) is 38.0 Å². The van der Waals surface area contributed by atoms with E-state index in [4.69, 9.17) is 22.6 Å². The first kappa shape index (κ1) is 25.0. The number of nitrogens with zero attached hydrogens (tertiary/aromatic N) is 1. The van der Waals surface area contributed by atoms with Crippen molar-refractivity contribution in [3.63, 3.8) is 0 Å². The quantitative estimate of drug-likeness (QED) is 0.140. The summed E-state index contributed by atoms with van der Waals surface area (Å²) in [5.74, 6) is -0.737. The van der Waals surface area contributed by atoms with Gasteiger partial charge in [0.2, 0.25) is 5.91 Å². The summed E-state index contributed by atoms with van der Waals surface area (Å²) in [7, 11) is 0. The summed E-state index contributed by atoms with van der Waals surface area (Å²) in [5, 5.41) is 32.2. The molecule has 0 unspecified atom stereocenters. The number of aromatic hydroxyl groups is 2. The molecule has 0 spiro atoms. The lowest BCUT2D eigenvalue weighted by Gasteiger charge is -2.24. The smallest absolute Gasteiger partial charge is 0.312 e. The lowest BCUT2D eigenvalue weighted by Crippen LogP contribution is -2.35. The predicted octanol–water partition coefficient (Wildman–Crippen LogP) is 2.52. The van der Waals surface area contributed by atoms with Crippen molar-refractivity contribution in [2.45, 2.75) is 25.8 Å². The van der Waals surface area contributed by atoms with Gasteiger partial charge in [-0.05, 0) is 67.4 Å². The molecule has 0 radical (unpaired) electrons. The molecule has 0 saturated carbocycles. The fourth-order valence-corrected chi connectivity index (χ4v) is 3.92. The molecule has 11 nitrogen and oxygen atoms in total. The average Bonchev–Trinajstić information content (AvgIpc) is 3.26. The summed E-state index contributed by atoms with van der Waals surface area (Å²) in [4.78, 5) is 31.2. The maximum absolute atomic E-state index is 12.3. The Hall–Kier alpha value is -5.06. The largest absolute Gasteiger partial charge is 0.507 e. The van der Waals surface area contributed by atoms with Crippen LogP contribution >= 0.6 is 0 Å². The first-order valence-corrected chi connectivity index (χ1v) is 11.3. The number of amides is 3. The number of rotatable bonds is 7. The molecule has 0 atom stereocenters. The zero-order valence-electron chi connectivity index (χ0n) is 20.2. The van der Waals surface area contributed by atoms with Gasteiger partial charge in [-0.1, -0.05) is 6.07 Å². The number of benzene rings is 3. The number of H-pyrrole nitrogens is 1. The van der Waals surface area contributed by atoms with E-state index in [1.165, 1.54) is 6.07 Å². The first-order valence-electron chi connectivity index (χ1n) is 11.3. The molecule has 190 valence electrons. The van der Waals surface area contributed by atoms with Gasteiger partial charge in [-0.2, -0.15) is 0 Å². The van der Waals surface area contributed by atoms with Crippen molar-refractivity contribution in [1.82, 2.24) is 15.3 Å². The Morgan fingerprint density at radius 3 is 2.35 bits per heavy atom. The standard InChI is InChI=1S/C26H27N7O4/c1-26(2,24(29)36)14-9-16(15-7-12(3-6-20(15)34)11-31-25(30)37)21(35)17(10-14)23-32-18-5-4-13(22(27)28)8-19(18)33-23/h3-10,34-35H,11H2,1-2H3,(H3,27,28)(H2,29,36)(H,32,33)(H3,30,31,37). The van der Waals surface area contributed by atoms with Crippen LogP contribution in [0.5, 0.6) is 11.5 Å². The molecule has 37 heavy (non-hydrogen) atoms. The summed E-state index contributed by atoms with van der Waals surface area (Å²) in [6, 6.07) is 12.2. The number of carbonyl (C=O) groups excluding carboxylic acids is 2. The molecule has 11 N–H and O–H groups in total.